The monoisotopic (exact) mass is 495 g/mol. The zero-order chi connectivity index (χ0) is 22.8. The van der Waals surface area contributed by atoms with E-state index < -0.39 is 11.7 Å². The Labute approximate surface area is 192 Å². The Morgan fingerprint density at radius 3 is 2.56 bits per heavy atom. The van der Waals surface area contributed by atoms with Gasteiger partial charge in [0, 0.05) is 10.0 Å². The number of rotatable bonds is 5. The minimum absolute atomic E-state index is 0.0925. The van der Waals surface area contributed by atoms with Crippen molar-refractivity contribution in [2.75, 3.05) is 5.32 Å². The molecule has 32 heavy (non-hydrogen) atoms. The minimum atomic E-state index is -0.544. The van der Waals surface area contributed by atoms with Gasteiger partial charge in [-0.05, 0) is 65.7 Å². The summed E-state index contributed by atoms with van der Waals surface area (Å²) in [6.45, 7) is 3.57. The number of hydrogen-bond acceptors (Lipinski definition) is 4. The molecule has 0 saturated carbocycles. The first kappa shape index (κ1) is 21.8. The number of fused-ring (bicyclic) bond motifs is 1. The number of nitrogens with one attached hydrogen (secondary N) is 1. The standard InChI is InChI=1S/C25H19BrFNO4/c1-14-15(2)32-24-18(23(14)29)9-11-21(31-13-16-6-4-3-5-7-16)22(24)25(30)28-20-10-8-17(27)12-19(20)26/h3-12H,13H2,1-2H3,(H,28,30). The fraction of sp³-hybridized carbons (Fsp3) is 0.120. The van der Waals surface area contributed by atoms with Crippen molar-refractivity contribution in [3.8, 4) is 5.75 Å². The molecule has 0 unspecified atom stereocenters. The van der Waals surface area contributed by atoms with E-state index in [4.69, 9.17) is 9.15 Å². The molecule has 7 heteroatoms. The van der Waals surface area contributed by atoms with E-state index in [-0.39, 0.29) is 34.3 Å². The van der Waals surface area contributed by atoms with Gasteiger partial charge in [-0.3, -0.25) is 9.59 Å². The largest absolute Gasteiger partial charge is 0.488 e. The second-order valence-corrected chi connectivity index (χ2v) is 8.13. The Morgan fingerprint density at radius 1 is 1.09 bits per heavy atom. The molecule has 0 spiro atoms. The molecule has 1 amide bonds. The molecule has 162 valence electrons. The van der Waals surface area contributed by atoms with Crippen molar-refractivity contribution < 1.29 is 18.3 Å². The van der Waals surface area contributed by atoms with Gasteiger partial charge in [0.25, 0.3) is 5.91 Å². The molecule has 4 rings (SSSR count). The van der Waals surface area contributed by atoms with E-state index in [1.165, 1.54) is 18.2 Å². The summed E-state index contributed by atoms with van der Waals surface area (Å²) in [6.07, 6.45) is 0. The van der Waals surface area contributed by atoms with Gasteiger partial charge in [-0.25, -0.2) is 4.39 Å². The van der Waals surface area contributed by atoms with Gasteiger partial charge < -0.3 is 14.5 Å². The van der Waals surface area contributed by atoms with Crippen molar-refractivity contribution in [2.24, 2.45) is 0 Å². The maximum absolute atomic E-state index is 13.5. The summed E-state index contributed by atoms with van der Waals surface area (Å²) < 4.78 is 25.7. The van der Waals surface area contributed by atoms with E-state index in [0.717, 1.165) is 5.56 Å². The van der Waals surface area contributed by atoms with Crippen molar-refractivity contribution >= 4 is 38.5 Å². The molecule has 1 aromatic heterocycles. The van der Waals surface area contributed by atoms with Crippen LogP contribution in [0.1, 0.15) is 27.2 Å². The first-order valence-electron chi connectivity index (χ1n) is 9.85. The van der Waals surface area contributed by atoms with Crippen molar-refractivity contribution in [3.05, 3.63) is 104 Å². The zero-order valence-electron chi connectivity index (χ0n) is 17.4. The number of carbonyl (C=O) groups is 1. The Morgan fingerprint density at radius 2 is 1.84 bits per heavy atom. The van der Waals surface area contributed by atoms with Gasteiger partial charge in [-0.15, -0.1) is 0 Å². The molecule has 3 aromatic carbocycles. The Bertz CT molecular complexity index is 1380. The number of ether oxygens (including phenoxy) is 1. The van der Waals surface area contributed by atoms with Gasteiger partial charge in [-0.1, -0.05) is 30.3 Å². The van der Waals surface area contributed by atoms with Crippen molar-refractivity contribution in [3.63, 3.8) is 0 Å². The normalized spacial score (nSPS) is 10.9. The fourth-order valence-electron chi connectivity index (χ4n) is 3.29. The highest BCUT2D eigenvalue weighted by atomic mass is 79.9. The molecule has 0 fully saturated rings. The van der Waals surface area contributed by atoms with Crippen LogP contribution in [0, 0.1) is 19.7 Å². The summed E-state index contributed by atoms with van der Waals surface area (Å²) in [5.74, 6) is -0.301. The van der Waals surface area contributed by atoms with E-state index in [1.54, 1.807) is 26.0 Å². The minimum Gasteiger partial charge on any atom is -0.488 e. The first-order chi connectivity index (χ1) is 15.3. The topological polar surface area (TPSA) is 68.5 Å². The Balaban J connectivity index is 1.82. The molecule has 4 aromatic rings. The van der Waals surface area contributed by atoms with Gasteiger partial charge in [-0.2, -0.15) is 0 Å². The second kappa shape index (κ2) is 8.96. The number of benzene rings is 3. The SMILES string of the molecule is Cc1oc2c(C(=O)Nc3ccc(F)cc3Br)c(OCc3ccccc3)ccc2c(=O)c1C. The molecule has 0 radical (unpaired) electrons. The van der Waals surface area contributed by atoms with Crippen LogP contribution in [0.2, 0.25) is 0 Å². The number of hydrogen-bond donors (Lipinski definition) is 1. The smallest absolute Gasteiger partial charge is 0.263 e. The maximum atomic E-state index is 13.5. The lowest BCUT2D eigenvalue weighted by molar-refractivity contribution is 0.102. The van der Waals surface area contributed by atoms with Gasteiger partial charge in [0.1, 0.15) is 29.5 Å². The summed E-state index contributed by atoms with van der Waals surface area (Å²) in [5.41, 5.74) is 1.78. The third-order valence-electron chi connectivity index (χ3n) is 5.13. The van der Waals surface area contributed by atoms with Gasteiger partial charge in [0.15, 0.2) is 11.0 Å². The average molecular weight is 496 g/mol. The van der Waals surface area contributed by atoms with Crippen molar-refractivity contribution in [2.45, 2.75) is 20.5 Å². The predicted molar refractivity (Wildman–Crippen MR) is 125 cm³/mol. The van der Waals surface area contributed by atoms with Crippen molar-refractivity contribution in [1.82, 2.24) is 0 Å². The van der Waals surface area contributed by atoms with E-state index in [2.05, 4.69) is 21.2 Å². The molecule has 1 N–H and O–H groups in total. The third kappa shape index (κ3) is 4.29. The van der Waals surface area contributed by atoms with Crippen molar-refractivity contribution in [1.29, 1.82) is 0 Å². The molecule has 0 aliphatic heterocycles. The second-order valence-electron chi connectivity index (χ2n) is 7.28. The van der Waals surface area contributed by atoms with Crippen LogP contribution in [0.25, 0.3) is 11.0 Å². The third-order valence-corrected chi connectivity index (χ3v) is 5.79. The Hall–Kier alpha value is -3.45. The molecular formula is C25H19BrFNO4. The summed E-state index contributed by atoms with van der Waals surface area (Å²) in [4.78, 5) is 26.1. The highest BCUT2D eigenvalue weighted by molar-refractivity contribution is 9.10. The van der Waals surface area contributed by atoms with Crippen LogP contribution in [0.3, 0.4) is 0 Å². The van der Waals surface area contributed by atoms with Gasteiger partial charge >= 0.3 is 0 Å². The molecule has 5 nitrogen and oxygen atoms in total. The molecule has 0 atom stereocenters. The summed E-state index contributed by atoms with van der Waals surface area (Å²) in [6, 6.07) is 16.6. The number of aryl methyl sites for hydroxylation is 1. The average Bonchev–Trinajstić information content (AvgIpc) is 2.78. The molecular weight excluding hydrogens is 477 g/mol. The van der Waals surface area contributed by atoms with Gasteiger partial charge in [0.05, 0.1) is 11.1 Å². The number of carbonyl (C=O) groups excluding carboxylic acids is 1. The lowest BCUT2D eigenvalue weighted by Gasteiger charge is -2.15. The van der Waals surface area contributed by atoms with E-state index in [1.807, 2.05) is 30.3 Å². The summed E-state index contributed by atoms with van der Waals surface area (Å²) in [5, 5.41) is 3.02. The van der Waals surface area contributed by atoms with Crippen LogP contribution in [0.4, 0.5) is 10.1 Å². The summed E-state index contributed by atoms with van der Waals surface area (Å²) >= 11 is 3.25. The predicted octanol–water partition coefficient (Wildman–Crippen LogP) is 6.14. The number of amides is 1. The fourth-order valence-corrected chi connectivity index (χ4v) is 3.74. The van der Waals surface area contributed by atoms with Crippen LogP contribution in [0.5, 0.6) is 5.75 Å². The van der Waals surface area contributed by atoms with E-state index >= 15 is 0 Å². The number of anilines is 1. The lowest BCUT2D eigenvalue weighted by atomic mass is 10.1. The lowest BCUT2D eigenvalue weighted by Crippen LogP contribution is -2.17. The highest BCUT2D eigenvalue weighted by Crippen LogP contribution is 2.31. The highest BCUT2D eigenvalue weighted by Gasteiger charge is 2.22. The molecule has 1 heterocycles. The Kier molecular flexibility index (Phi) is 6.10. The maximum Gasteiger partial charge on any atom is 0.263 e. The summed E-state index contributed by atoms with van der Waals surface area (Å²) in [7, 11) is 0. The zero-order valence-corrected chi connectivity index (χ0v) is 19.0. The molecule has 0 bridgehead atoms. The van der Waals surface area contributed by atoms with Crippen LogP contribution in [-0.4, -0.2) is 5.91 Å². The molecule has 0 saturated heterocycles. The number of halogens is 2. The van der Waals surface area contributed by atoms with Crippen LogP contribution >= 0.6 is 15.9 Å². The molecule has 0 aliphatic carbocycles. The van der Waals surface area contributed by atoms with E-state index in [9.17, 15) is 14.0 Å². The van der Waals surface area contributed by atoms with E-state index in [0.29, 0.717) is 21.5 Å². The van der Waals surface area contributed by atoms with Gasteiger partial charge in [0.2, 0.25) is 0 Å². The van der Waals surface area contributed by atoms with Crippen LogP contribution in [-0.2, 0) is 6.61 Å². The molecule has 0 aliphatic rings. The quantitative estimate of drug-likeness (QED) is 0.360. The van der Waals surface area contributed by atoms with Crippen LogP contribution < -0.4 is 15.5 Å². The van der Waals surface area contributed by atoms with Crippen LogP contribution in [0.15, 0.2) is 74.3 Å². The first-order valence-corrected chi connectivity index (χ1v) is 10.6.